The second-order valence-corrected chi connectivity index (χ2v) is 10.8. The van der Waals surface area contributed by atoms with Gasteiger partial charge < -0.3 is 10.0 Å². The molecule has 0 spiro atoms. The van der Waals surface area contributed by atoms with E-state index >= 15 is 0 Å². The Morgan fingerprint density at radius 1 is 1.30 bits per heavy atom. The van der Waals surface area contributed by atoms with Crippen LogP contribution in [0.25, 0.3) is 6.08 Å². The minimum atomic E-state index is -0.724. The third-order valence-electron chi connectivity index (χ3n) is 6.05. The van der Waals surface area contributed by atoms with Crippen molar-refractivity contribution in [2.24, 2.45) is 4.99 Å². The predicted octanol–water partition coefficient (Wildman–Crippen LogP) is 3.98. The monoisotopic (exact) mass is 652 g/mol. The summed E-state index contributed by atoms with van der Waals surface area (Å²) >= 11 is 9.05. The molecular weight excluding hydrogens is 631 g/mol. The van der Waals surface area contributed by atoms with Gasteiger partial charge in [0.25, 0.3) is 11.5 Å². The molecule has 0 saturated carbocycles. The standard InChI is InChI=1S/C25H22ClIN4O5S/c1-4-29(5-2)24(34)20-13(3)28-25-30(21(20)15-6-8-16(26)9-7-15)23(33)19(37-25)12-14-10-17(27)22(32)18(11-14)31(35)36/h6-12,21,32H,4-5H2,1-3H3/b19-12+/t21-/m0/s1. The number of hydrogen-bond acceptors (Lipinski definition) is 7. The summed E-state index contributed by atoms with van der Waals surface area (Å²) in [6, 6.07) is 9.02. The predicted molar refractivity (Wildman–Crippen MR) is 151 cm³/mol. The summed E-state index contributed by atoms with van der Waals surface area (Å²) in [5.41, 5.74) is 1.17. The second kappa shape index (κ2) is 10.8. The van der Waals surface area contributed by atoms with Crippen LogP contribution < -0.4 is 14.9 Å². The average molecular weight is 653 g/mol. The molecule has 1 aliphatic heterocycles. The zero-order valence-electron chi connectivity index (χ0n) is 20.1. The van der Waals surface area contributed by atoms with Crippen LogP contribution in [-0.4, -0.2) is 38.5 Å². The Kier molecular flexibility index (Phi) is 7.85. The summed E-state index contributed by atoms with van der Waals surface area (Å²) in [5.74, 6) is -0.633. The molecule has 37 heavy (non-hydrogen) atoms. The maximum Gasteiger partial charge on any atom is 0.312 e. The number of nitrogens with zero attached hydrogens (tertiary/aromatic N) is 4. The Hall–Kier alpha value is -3.03. The van der Waals surface area contributed by atoms with E-state index in [0.29, 0.717) is 45.3 Å². The van der Waals surface area contributed by atoms with Crippen molar-refractivity contribution in [2.45, 2.75) is 26.8 Å². The first-order chi connectivity index (χ1) is 17.6. The Morgan fingerprint density at radius 3 is 2.54 bits per heavy atom. The second-order valence-electron chi connectivity index (χ2n) is 8.24. The third-order valence-corrected chi connectivity index (χ3v) is 8.11. The highest BCUT2D eigenvalue weighted by Gasteiger charge is 2.34. The van der Waals surface area contributed by atoms with Crippen molar-refractivity contribution in [1.82, 2.24) is 9.47 Å². The summed E-state index contributed by atoms with van der Waals surface area (Å²) in [5, 5.41) is 21.9. The number of thiazole rings is 1. The molecule has 0 unspecified atom stereocenters. The number of nitro groups is 1. The lowest BCUT2D eigenvalue weighted by atomic mass is 9.94. The molecule has 12 heteroatoms. The highest BCUT2D eigenvalue weighted by molar-refractivity contribution is 14.1. The van der Waals surface area contributed by atoms with Gasteiger partial charge in [0, 0.05) is 24.2 Å². The fraction of sp³-hybridized carbons (Fsp3) is 0.240. The Morgan fingerprint density at radius 2 is 1.95 bits per heavy atom. The first kappa shape index (κ1) is 27.0. The Labute approximate surface area is 234 Å². The lowest BCUT2D eigenvalue weighted by Gasteiger charge is -2.29. The van der Waals surface area contributed by atoms with Crippen molar-refractivity contribution in [3.63, 3.8) is 0 Å². The number of benzene rings is 2. The first-order valence-corrected chi connectivity index (χ1v) is 13.6. The number of allylic oxidation sites excluding steroid dienone is 1. The van der Waals surface area contributed by atoms with Crippen molar-refractivity contribution in [1.29, 1.82) is 0 Å². The van der Waals surface area contributed by atoms with Crippen molar-refractivity contribution >= 4 is 63.2 Å². The number of amides is 1. The number of aromatic nitrogens is 1. The molecule has 1 amide bonds. The number of nitro benzene ring substituents is 1. The fourth-order valence-corrected chi connectivity index (χ4v) is 6.02. The quantitative estimate of drug-likeness (QED) is 0.246. The highest BCUT2D eigenvalue weighted by Crippen LogP contribution is 2.33. The maximum absolute atomic E-state index is 13.7. The van der Waals surface area contributed by atoms with Crippen LogP contribution in [0.15, 0.2) is 57.5 Å². The molecule has 1 N–H and O–H groups in total. The molecule has 2 heterocycles. The van der Waals surface area contributed by atoms with E-state index in [4.69, 9.17) is 11.6 Å². The third kappa shape index (κ3) is 5.07. The number of halogens is 2. The van der Waals surface area contributed by atoms with E-state index in [1.807, 2.05) is 13.8 Å². The number of carbonyl (C=O) groups excluding carboxylic acids is 1. The molecule has 192 valence electrons. The van der Waals surface area contributed by atoms with Gasteiger partial charge in [-0.1, -0.05) is 35.1 Å². The summed E-state index contributed by atoms with van der Waals surface area (Å²) in [6.45, 7) is 6.54. The molecular formula is C25H22ClIN4O5S. The summed E-state index contributed by atoms with van der Waals surface area (Å²) in [7, 11) is 0. The van der Waals surface area contributed by atoms with E-state index < -0.39 is 22.4 Å². The van der Waals surface area contributed by atoms with Gasteiger partial charge in [0.05, 0.1) is 30.3 Å². The van der Waals surface area contributed by atoms with Gasteiger partial charge in [0.2, 0.25) is 5.75 Å². The molecule has 3 aromatic rings. The van der Waals surface area contributed by atoms with Gasteiger partial charge in [-0.3, -0.25) is 24.3 Å². The summed E-state index contributed by atoms with van der Waals surface area (Å²) in [6.07, 6.45) is 1.53. The van der Waals surface area contributed by atoms with E-state index in [1.165, 1.54) is 16.7 Å². The number of aromatic hydroxyl groups is 1. The van der Waals surface area contributed by atoms with Gasteiger partial charge in [0.1, 0.15) is 0 Å². The fourth-order valence-electron chi connectivity index (χ4n) is 4.22. The molecule has 4 rings (SSSR count). The number of phenols is 1. The molecule has 1 aromatic heterocycles. The molecule has 0 bridgehead atoms. The lowest BCUT2D eigenvalue weighted by Crippen LogP contribution is -2.43. The van der Waals surface area contributed by atoms with Gasteiger partial charge in [0.15, 0.2) is 4.80 Å². The van der Waals surface area contributed by atoms with Crippen LogP contribution in [0.1, 0.15) is 37.9 Å². The molecule has 1 aliphatic rings. The van der Waals surface area contributed by atoms with E-state index in [0.717, 1.165) is 11.3 Å². The van der Waals surface area contributed by atoms with Crippen LogP contribution in [-0.2, 0) is 4.79 Å². The van der Waals surface area contributed by atoms with Crippen LogP contribution >= 0.6 is 45.5 Å². The first-order valence-electron chi connectivity index (χ1n) is 11.3. The van der Waals surface area contributed by atoms with Gasteiger partial charge >= 0.3 is 5.69 Å². The number of likely N-dealkylation sites (N-methyl/N-ethyl adjacent to an activating group) is 1. The SMILES string of the molecule is CCN(CC)C(=O)C1=C(C)N=c2s/c(=C/c3cc(I)c(O)c([N+](=O)[O-])c3)c(=O)n2[C@H]1c1ccc(Cl)cc1. The number of fused-ring (bicyclic) bond motifs is 1. The lowest BCUT2D eigenvalue weighted by molar-refractivity contribution is -0.386. The molecule has 9 nitrogen and oxygen atoms in total. The van der Waals surface area contributed by atoms with Crippen LogP contribution in [0.2, 0.25) is 5.02 Å². The van der Waals surface area contributed by atoms with Gasteiger partial charge in [-0.25, -0.2) is 4.99 Å². The number of hydrogen-bond donors (Lipinski definition) is 1. The molecule has 0 aliphatic carbocycles. The van der Waals surface area contributed by atoms with E-state index in [1.54, 1.807) is 64.7 Å². The van der Waals surface area contributed by atoms with Crippen LogP contribution in [0.3, 0.4) is 0 Å². The van der Waals surface area contributed by atoms with Crippen molar-refractivity contribution in [3.05, 3.63) is 97.2 Å². The van der Waals surface area contributed by atoms with Crippen LogP contribution in [0.4, 0.5) is 5.69 Å². The number of phenolic OH excluding ortho intramolecular Hbond substituents is 1. The molecule has 0 saturated heterocycles. The van der Waals surface area contributed by atoms with Gasteiger partial charge in [-0.05, 0) is 78.8 Å². The zero-order valence-corrected chi connectivity index (χ0v) is 23.8. The van der Waals surface area contributed by atoms with E-state index in [9.17, 15) is 24.8 Å². The van der Waals surface area contributed by atoms with Crippen LogP contribution in [0.5, 0.6) is 5.75 Å². The molecule has 0 radical (unpaired) electrons. The summed E-state index contributed by atoms with van der Waals surface area (Å²) in [4.78, 5) is 44.7. The largest absolute Gasteiger partial charge is 0.501 e. The molecule has 2 aromatic carbocycles. The highest BCUT2D eigenvalue weighted by atomic mass is 127. The Balaban J connectivity index is 1.97. The summed E-state index contributed by atoms with van der Waals surface area (Å²) < 4.78 is 2.06. The van der Waals surface area contributed by atoms with Crippen molar-refractivity contribution in [3.8, 4) is 5.75 Å². The van der Waals surface area contributed by atoms with Crippen molar-refractivity contribution < 1.29 is 14.8 Å². The van der Waals surface area contributed by atoms with E-state index in [2.05, 4.69) is 4.99 Å². The normalized spacial score (nSPS) is 15.4. The number of carbonyl (C=O) groups is 1. The van der Waals surface area contributed by atoms with Gasteiger partial charge in [-0.15, -0.1) is 0 Å². The van der Waals surface area contributed by atoms with E-state index in [-0.39, 0.29) is 19.6 Å². The Bertz CT molecular complexity index is 1620. The maximum atomic E-state index is 13.7. The minimum Gasteiger partial charge on any atom is -0.501 e. The minimum absolute atomic E-state index is 0.204. The molecule has 0 fully saturated rings. The van der Waals surface area contributed by atoms with Crippen LogP contribution in [0, 0.1) is 13.7 Å². The zero-order chi connectivity index (χ0) is 27.0. The smallest absolute Gasteiger partial charge is 0.312 e. The average Bonchev–Trinajstić information content (AvgIpc) is 3.15. The topological polar surface area (TPSA) is 118 Å². The molecule has 1 atom stereocenters. The van der Waals surface area contributed by atoms with Crippen molar-refractivity contribution in [2.75, 3.05) is 13.1 Å². The number of rotatable bonds is 6. The van der Waals surface area contributed by atoms with Gasteiger partial charge in [-0.2, -0.15) is 0 Å².